The average Bonchev–Trinajstić information content (AvgIpc) is 3.51. The molecule has 0 saturated carbocycles. The van der Waals surface area contributed by atoms with Gasteiger partial charge in [-0.2, -0.15) is 9.97 Å². The van der Waals surface area contributed by atoms with Crippen LogP contribution >= 0.6 is 11.8 Å². The van der Waals surface area contributed by atoms with E-state index in [9.17, 15) is 29.1 Å². The Morgan fingerprint density at radius 3 is 2.31 bits per heavy atom. The summed E-state index contributed by atoms with van der Waals surface area (Å²) in [4.78, 5) is 75.1. The number of nitrogen functional groups attached to an aromatic ring is 1. The Kier molecular flexibility index (Phi) is 18.4. The maximum Gasteiger partial charge on any atom is 0.328 e. The molecule has 1 saturated heterocycles. The van der Waals surface area contributed by atoms with Crippen LogP contribution in [0.4, 0.5) is 5.82 Å². The van der Waals surface area contributed by atoms with Crippen molar-refractivity contribution in [2.75, 3.05) is 97.6 Å². The number of carboxylic acids is 2. The number of ether oxygens (including phenoxy) is 5. The number of aromatic nitrogens is 4. The normalized spacial score (nSPS) is 14.3. The number of benzene rings is 1. The van der Waals surface area contributed by atoms with E-state index < -0.39 is 29.1 Å². The summed E-state index contributed by atoms with van der Waals surface area (Å²) in [5.41, 5.74) is 13.5. The van der Waals surface area contributed by atoms with Crippen LogP contribution in [0, 0.1) is 0 Å². The van der Waals surface area contributed by atoms with Gasteiger partial charge >= 0.3 is 23.6 Å². The van der Waals surface area contributed by atoms with Gasteiger partial charge < -0.3 is 60.6 Å². The van der Waals surface area contributed by atoms with E-state index in [-0.39, 0.29) is 74.9 Å². The third-order valence-corrected chi connectivity index (χ3v) is 10.3. The zero-order valence-electron chi connectivity index (χ0n) is 32.7. The molecule has 58 heavy (non-hydrogen) atoms. The Balaban J connectivity index is 1.05. The van der Waals surface area contributed by atoms with E-state index in [4.69, 9.17) is 40.3 Å². The van der Waals surface area contributed by atoms with Crippen molar-refractivity contribution in [2.45, 2.75) is 44.1 Å². The number of anilines is 1. The summed E-state index contributed by atoms with van der Waals surface area (Å²) in [6, 6.07) is 4.75. The summed E-state index contributed by atoms with van der Waals surface area (Å²) >= 11 is 0.804. The number of rotatable bonds is 26. The number of aromatic amines is 1. The van der Waals surface area contributed by atoms with E-state index in [1.807, 2.05) is 23.1 Å². The number of nitrogens with one attached hydrogen (secondary N) is 2. The number of carboxylic acid groups (broad SMARTS) is 2. The van der Waals surface area contributed by atoms with Crippen LogP contribution in [0.1, 0.15) is 30.9 Å². The highest BCUT2D eigenvalue weighted by Crippen LogP contribution is 2.25. The Bertz CT molecular complexity index is 1890. The van der Waals surface area contributed by atoms with Gasteiger partial charge in [-0.1, -0.05) is 12.1 Å². The van der Waals surface area contributed by atoms with Gasteiger partial charge in [-0.3, -0.25) is 28.6 Å². The summed E-state index contributed by atoms with van der Waals surface area (Å²) in [7, 11) is 1.58. The molecule has 1 aromatic carbocycles. The van der Waals surface area contributed by atoms with E-state index >= 15 is 0 Å². The van der Waals surface area contributed by atoms with E-state index in [1.165, 1.54) is 4.57 Å². The van der Waals surface area contributed by atoms with Gasteiger partial charge in [0.1, 0.15) is 22.6 Å². The third kappa shape index (κ3) is 14.1. The number of carbonyl (C=O) groups excluding carboxylic acids is 2. The second kappa shape index (κ2) is 23.4. The molecule has 1 fully saturated rings. The number of aliphatic carboxylic acids is 2. The first kappa shape index (κ1) is 45.7. The van der Waals surface area contributed by atoms with Gasteiger partial charge in [-0.25, -0.2) is 4.79 Å². The number of H-pyrrole nitrogens is 1. The van der Waals surface area contributed by atoms with Crippen molar-refractivity contribution in [1.82, 2.24) is 34.6 Å². The molecular formula is C36H53N9O12S. The summed E-state index contributed by atoms with van der Waals surface area (Å²) in [6.45, 7) is 7.49. The van der Waals surface area contributed by atoms with Gasteiger partial charge in [0, 0.05) is 57.0 Å². The van der Waals surface area contributed by atoms with Crippen LogP contribution < -0.4 is 31.9 Å². The summed E-state index contributed by atoms with van der Waals surface area (Å²) < 4.78 is 29.0. The Hall–Kier alpha value is -5.00. The van der Waals surface area contributed by atoms with Crippen LogP contribution in [0.5, 0.6) is 11.8 Å². The molecule has 3 heterocycles. The molecule has 1 aliphatic heterocycles. The van der Waals surface area contributed by atoms with Crippen LogP contribution in [0.25, 0.3) is 11.2 Å². The van der Waals surface area contributed by atoms with Crippen molar-refractivity contribution in [2.24, 2.45) is 5.73 Å². The molecule has 22 heteroatoms. The number of thioether (sulfide) groups is 1. The SMILES string of the molecule is CCOc1nc(N)c2[nH]c(=O)n(Cc3ccc(CN4CCN(C(=O)CCOCCOCCOCCNC(=O)CC(SC[C@@H](N)C(=O)O)C(=O)O)CC4)cc3OC)c2n1. The smallest absolute Gasteiger partial charge is 0.328 e. The van der Waals surface area contributed by atoms with Crippen LogP contribution in [0.2, 0.25) is 0 Å². The first-order valence-electron chi connectivity index (χ1n) is 18.8. The molecule has 320 valence electrons. The van der Waals surface area contributed by atoms with Crippen LogP contribution in [0.15, 0.2) is 23.0 Å². The number of methoxy groups -OCH3 is 1. The van der Waals surface area contributed by atoms with Gasteiger partial charge in [-0.05, 0) is 18.6 Å². The first-order chi connectivity index (χ1) is 27.9. The molecular weight excluding hydrogens is 783 g/mol. The minimum atomic E-state index is -1.24. The van der Waals surface area contributed by atoms with Crippen molar-refractivity contribution >= 4 is 52.5 Å². The topological polar surface area (TPSA) is 289 Å². The fourth-order valence-corrected chi connectivity index (χ4v) is 6.84. The van der Waals surface area contributed by atoms with Crippen molar-refractivity contribution in [1.29, 1.82) is 0 Å². The lowest BCUT2D eigenvalue weighted by Gasteiger charge is -2.35. The summed E-state index contributed by atoms with van der Waals surface area (Å²) in [5, 5.41) is 19.5. The largest absolute Gasteiger partial charge is 0.496 e. The fourth-order valence-electron chi connectivity index (χ4n) is 5.84. The monoisotopic (exact) mass is 835 g/mol. The van der Waals surface area contributed by atoms with Crippen molar-refractivity contribution in [3.05, 3.63) is 39.8 Å². The molecule has 8 N–H and O–H groups in total. The number of nitrogens with two attached hydrogens (primary N) is 2. The highest BCUT2D eigenvalue weighted by Gasteiger charge is 2.25. The van der Waals surface area contributed by atoms with Crippen molar-refractivity contribution in [3.8, 4) is 11.8 Å². The lowest BCUT2D eigenvalue weighted by Crippen LogP contribution is -2.48. The van der Waals surface area contributed by atoms with Gasteiger partial charge in [0.15, 0.2) is 11.5 Å². The number of piperazine rings is 1. The fraction of sp³-hybridized carbons (Fsp3) is 0.583. The third-order valence-electron chi connectivity index (χ3n) is 8.93. The molecule has 1 unspecified atom stereocenters. The average molecular weight is 836 g/mol. The molecule has 0 bridgehead atoms. The van der Waals surface area contributed by atoms with Gasteiger partial charge in [-0.15, -0.1) is 11.8 Å². The highest BCUT2D eigenvalue weighted by molar-refractivity contribution is 8.00. The number of amides is 2. The highest BCUT2D eigenvalue weighted by atomic mass is 32.2. The maximum atomic E-state index is 12.8. The number of fused-ring (bicyclic) bond motifs is 1. The minimum Gasteiger partial charge on any atom is -0.496 e. The van der Waals surface area contributed by atoms with Gasteiger partial charge in [0.05, 0.1) is 66.3 Å². The number of hydrogen-bond acceptors (Lipinski definition) is 16. The van der Waals surface area contributed by atoms with Crippen LogP contribution in [-0.2, 0) is 46.5 Å². The molecule has 4 rings (SSSR count). The number of hydrogen-bond donors (Lipinski definition) is 6. The molecule has 21 nitrogen and oxygen atoms in total. The second-order valence-electron chi connectivity index (χ2n) is 13.1. The van der Waals surface area contributed by atoms with Crippen LogP contribution in [-0.4, -0.2) is 166 Å². The van der Waals surface area contributed by atoms with E-state index in [0.29, 0.717) is 76.1 Å². The zero-order valence-corrected chi connectivity index (χ0v) is 33.5. The van der Waals surface area contributed by atoms with Crippen LogP contribution in [0.3, 0.4) is 0 Å². The molecule has 0 aliphatic carbocycles. The summed E-state index contributed by atoms with van der Waals surface area (Å²) in [5.74, 6) is -2.32. The number of nitrogens with zero attached hydrogens (tertiary/aromatic N) is 5. The molecule has 3 aromatic rings. The standard InChI is InChI=1S/C36H53N9O12S/c1-3-57-35-41-31(38)30-32(42-35)45(36(52)40-30)21-24-5-4-23(18-26(24)53-2)20-43-8-10-44(11-9-43)29(47)6-12-54-14-16-56-17-15-55-13-7-39-28(46)19-27(34(50)51)58-22-25(37)33(48)49/h4-5,18,25,27H,3,6-17,19-22,37H2,1-2H3,(H,39,46)(H,40,52)(H,48,49)(H,50,51)(H2,38,41,42)/t25-,27?/m1/s1. The second-order valence-corrected chi connectivity index (χ2v) is 14.3. The lowest BCUT2D eigenvalue weighted by atomic mass is 10.1. The maximum absolute atomic E-state index is 12.8. The van der Waals surface area contributed by atoms with E-state index in [2.05, 4.69) is 25.2 Å². The van der Waals surface area contributed by atoms with E-state index in [1.54, 1.807) is 14.0 Å². The minimum absolute atomic E-state index is 0.0274. The number of imidazole rings is 1. The Labute approximate surface area is 338 Å². The van der Waals surface area contributed by atoms with Gasteiger partial charge in [0.25, 0.3) is 0 Å². The van der Waals surface area contributed by atoms with Crippen molar-refractivity contribution < 1.29 is 53.1 Å². The molecule has 0 radical (unpaired) electrons. The lowest BCUT2D eigenvalue weighted by molar-refractivity contribution is -0.139. The van der Waals surface area contributed by atoms with Gasteiger partial charge in [0.2, 0.25) is 11.8 Å². The zero-order chi connectivity index (χ0) is 42.0. The summed E-state index contributed by atoms with van der Waals surface area (Å²) in [6.07, 6.45) is -0.0572. The number of carbonyl (C=O) groups is 4. The van der Waals surface area contributed by atoms with E-state index in [0.717, 1.165) is 22.9 Å². The predicted molar refractivity (Wildman–Crippen MR) is 212 cm³/mol. The first-order valence-corrected chi connectivity index (χ1v) is 19.8. The molecule has 2 amide bonds. The molecule has 2 aromatic heterocycles. The molecule has 2 atom stereocenters. The molecule has 1 aliphatic rings. The quantitative estimate of drug-likeness (QED) is 0.0548. The Morgan fingerprint density at radius 2 is 1.66 bits per heavy atom. The Morgan fingerprint density at radius 1 is 0.966 bits per heavy atom. The van der Waals surface area contributed by atoms with Crippen molar-refractivity contribution in [3.63, 3.8) is 0 Å². The predicted octanol–water partition coefficient (Wildman–Crippen LogP) is -0.654. The molecule has 0 spiro atoms.